The summed E-state index contributed by atoms with van der Waals surface area (Å²) in [5.74, 6) is 0. The molecule has 1 unspecified atom stereocenters. The number of fused-ring (bicyclic) bond motifs is 5. The molecule has 1 saturated heterocycles. The van der Waals surface area contributed by atoms with Crippen molar-refractivity contribution in [2.45, 2.75) is 57.8 Å². The van der Waals surface area contributed by atoms with Crippen molar-refractivity contribution in [2.75, 3.05) is 13.1 Å². The van der Waals surface area contributed by atoms with E-state index in [-0.39, 0.29) is 0 Å². The summed E-state index contributed by atoms with van der Waals surface area (Å²) in [5.41, 5.74) is 5.33. The second kappa shape index (κ2) is 7.41. The molecule has 0 amide bonds. The van der Waals surface area contributed by atoms with Gasteiger partial charge in [0.05, 0.1) is 5.56 Å². The van der Waals surface area contributed by atoms with E-state index in [0.717, 1.165) is 36.3 Å². The molecule has 0 aliphatic carbocycles. The van der Waals surface area contributed by atoms with Gasteiger partial charge in [0.15, 0.2) is 0 Å². The summed E-state index contributed by atoms with van der Waals surface area (Å²) >= 11 is 0. The lowest BCUT2D eigenvalue weighted by molar-refractivity contribution is -0.137. The van der Waals surface area contributed by atoms with Crippen LogP contribution in [0.2, 0.25) is 0 Å². The van der Waals surface area contributed by atoms with Gasteiger partial charge in [-0.05, 0) is 67.6 Å². The van der Waals surface area contributed by atoms with Crippen LogP contribution in [0.5, 0.6) is 0 Å². The number of pyridine rings is 1. The minimum atomic E-state index is -4.29. The quantitative estimate of drug-likeness (QED) is 0.550. The molecular weight excluding hydrogens is 387 g/mol. The summed E-state index contributed by atoms with van der Waals surface area (Å²) < 4.78 is 40.9. The van der Waals surface area contributed by atoms with Gasteiger partial charge in [-0.2, -0.15) is 13.2 Å². The number of halogens is 3. The van der Waals surface area contributed by atoms with Crippen LogP contribution in [0.4, 0.5) is 13.2 Å². The molecule has 0 N–H and O–H groups in total. The first-order valence-electron chi connectivity index (χ1n) is 10.8. The molecular formula is C24H26F3N3. The van der Waals surface area contributed by atoms with E-state index in [0.29, 0.717) is 12.5 Å². The number of benzene rings is 1. The van der Waals surface area contributed by atoms with Gasteiger partial charge in [-0.3, -0.25) is 4.90 Å². The number of aromatic nitrogens is 2. The Hall–Kier alpha value is -2.34. The first kappa shape index (κ1) is 19.6. The van der Waals surface area contributed by atoms with Crippen LogP contribution in [0.3, 0.4) is 0 Å². The minimum Gasteiger partial charge on any atom is -0.329 e. The highest BCUT2D eigenvalue weighted by Crippen LogP contribution is 2.42. The molecule has 0 spiro atoms. The van der Waals surface area contributed by atoms with Gasteiger partial charge in [0.25, 0.3) is 0 Å². The summed E-state index contributed by atoms with van der Waals surface area (Å²) in [5, 5.41) is 1.26. The fourth-order valence-electron chi connectivity index (χ4n) is 5.22. The summed E-state index contributed by atoms with van der Waals surface area (Å²) in [6, 6.07) is 8.29. The number of alkyl halides is 3. The van der Waals surface area contributed by atoms with E-state index >= 15 is 0 Å². The lowest BCUT2D eigenvalue weighted by atomic mass is 9.89. The molecule has 2 aliphatic heterocycles. The normalized spacial score (nSPS) is 19.7. The van der Waals surface area contributed by atoms with E-state index in [1.54, 1.807) is 12.1 Å². The van der Waals surface area contributed by atoms with Gasteiger partial charge >= 0.3 is 6.18 Å². The highest BCUT2D eigenvalue weighted by molar-refractivity contribution is 5.84. The zero-order valence-electron chi connectivity index (χ0n) is 17.2. The standard InChI is InChI=1S/C24H26F3N3/c1-16-14-19-22-20-4-2-3-11-29(20)12-10-21(22)30(23(19)28-15-16)13-9-17-5-7-18(8-6-17)24(25,26)27/h5-8,14-15,20H,2-4,9-13H2,1H3. The predicted molar refractivity (Wildman–Crippen MR) is 111 cm³/mol. The summed E-state index contributed by atoms with van der Waals surface area (Å²) in [6.45, 7) is 5.06. The van der Waals surface area contributed by atoms with Crippen molar-refractivity contribution in [3.63, 3.8) is 0 Å². The van der Waals surface area contributed by atoms with Crippen molar-refractivity contribution in [1.29, 1.82) is 0 Å². The van der Waals surface area contributed by atoms with Crippen LogP contribution in [0.15, 0.2) is 36.5 Å². The Bertz CT molecular complexity index is 1070. The van der Waals surface area contributed by atoms with E-state index in [2.05, 4.69) is 22.5 Å². The van der Waals surface area contributed by atoms with Crippen LogP contribution in [0, 0.1) is 6.92 Å². The first-order valence-corrected chi connectivity index (χ1v) is 10.8. The highest BCUT2D eigenvalue weighted by atomic mass is 19.4. The molecule has 0 saturated carbocycles. The van der Waals surface area contributed by atoms with Gasteiger partial charge in [-0.15, -0.1) is 0 Å². The second-order valence-electron chi connectivity index (χ2n) is 8.64. The molecule has 3 aromatic rings. The Morgan fingerprint density at radius 3 is 2.67 bits per heavy atom. The maximum atomic E-state index is 12.8. The lowest BCUT2D eigenvalue weighted by Gasteiger charge is -2.40. The number of hydrogen-bond donors (Lipinski definition) is 0. The number of hydrogen-bond acceptors (Lipinski definition) is 2. The summed E-state index contributed by atoms with van der Waals surface area (Å²) in [7, 11) is 0. The van der Waals surface area contributed by atoms with Gasteiger partial charge in [0.1, 0.15) is 5.65 Å². The van der Waals surface area contributed by atoms with E-state index < -0.39 is 11.7 Å². The Balaban J connectivity index is 1.49. The van der Waals surface area contributed by atoms with Crippen LogP contribution in [0.25, 0.3) is 11.0 Å². The van der Waals surface area contributed by atoms with E-state index in [9.17, 15) is 13.2 Å². The highest BCUT2D eigenvalue weighted by Gasteiger charge is 2.34. The van der Waals surface area contributed by atoms with Crippen molar-refractivity contribution in [1.82, 2.24) is 14.5 Å². The maximum absolute atomic E-state index is 12.8. The van der Waals surface area contributed by atoms with Gasteiger partial charge in [0.2, 0.25) is 0 Å². The third-order valence-electron chi connectivity index (χ3n) is 6.67. The Morgan fingerprint density at radius 2 is 1.90 bits per heavy atom. The van der Waals surface area contributed by atoms with E-state index in [1.807, 2.05) is 6.20 Å². The number of nitrogens with zero attached hydrogens (tertiary/aromatic N) is 3. The van der Waals surface area contributed by atoms with E-state index in [1.165, 1.54) is 54.6 Å². The number of aryl methyl sites for hydroxylation is 3. The Labute approximate surface area is 174 Å². The molecule has 3 nitrogen and oxygen atoms in total. The minimum absolute atomic E-state index is 0.473. The smallest absolute Gasteiger partial charge is 0.329 e. The van der Waals surface area contributed by atoms with Crippen molar-refractivity contribution in [2.24, 2.45) is 0 Å². The summed E-state index contributed by atoms with van der Waals surface area (Å²) in [4.78, 5) is 7.40. The topological polar surface area (TPSA) is 21.1 Å². The molecule has 1 fully saturated rings. The summed E-state index contributed by atoms with van der Waals surface area (Å²) in [6.07, 6.45) is 3.06. The molecule has 0 radical (unpaired) electrons. The average Bonchev–Trinajstić information content (AvgIpc) is 3.05. The predicted octanol–water partition coefficient (Wildman–Crippen LogP) is 5.69. The van der Waals surface area contributed by atoms with Crippen molar-refractivity contribution >= 4 is 11.0 Å². The molecule has 0 bridgehead atoms. The molecule has 4 heterocycles. The van der Waals surface area contributed by atoms with Gasteiger partial charge in [-0.25, -0.2) is 4.98 Å². The fourth-order valence-corrected chi connectivity index (χ4v) is 5.22. The molecule has 2 aliphatic rings. The number of piperidine rings is 1. The second-order valence-corrected chi connectivity index (χ2v) is 8.64. The monoisotopic (exact) mass is 413 g/mol. The van der Waals surface area contributed by atoms with Crippen molar-refractivity contribution in [3.05, 3.63) is 64.5 Å². The Kier molecular flexibility index (Phi) is 4.85. The Morgan fingerprint density at radius 1 is 1.10 bits per heavy atom. The van der Waals surface area contributed by atoms with Crippen molar-refractivity contribution < 1.29 is 13.2 Å². The number of rotatable bonds is 3. The zero-order valence-corrected chi connectivity index (χ0v) is 17.2. The molecule has 1 aromatic carbocycles. The zero-order chi connectivity index (χ0) is 20.9. The lowest BCUT2D eigenvalue weighted by Crippen LogP contribution is -2.39. The van der Waals surface area contributed by atoms with Crippen LogP contribution in [-0.2, 0) is 25.6 Å². The van der Waals surface area contributed by atoms with Crippen LogP contribution >= 0.6 is 0 Å². The third-order valence-corrected chi connectivity index (χ3v) is 6.67. The molecule has 2 aromatic heterocycles. The van der Waals surface area contributed by atoms with Crippen LogP contribution in [0.1, 0.15) is 53.3 Å². The molecule has 5 rings (SSSR count). The van der Waals surface area contributed by atoms with Gasteiger partial charge < -0.3 is 4.57 Å². The molecule has 30 heavy (non-hydrogen) atoms. The van der Waals surface area contributed by atoms with E-state index in [4.69, 9.17) is 4.98 Å². The van der Waals surface area contributed by atoms with Gasteiger partial charge in [0, 0.05) is 42.8 Å². The first-order chi connectivity index (χ1) is 14.4. The van der Waals surface area contributed by atoms with Crippen LogP contribution < -0.4 is 0 Å². The molecule has 1 atom stereocenters. The third kappa shape index (κ3) is 3.41. The molecule has 6 heteroatoms. The molecule has 158 valence electrons. The average molecular weight is 413 g/mol. The fraction of sp³-hybridized carbons (Fsp3) is 0.458. The van der Waals surface area contributed by atoms with Crippen molar-refractivity contribution in [3.8, 4) is 0 Å². The SMILES string of the molecule is Cc1cnc2c(c1)c1c(n2CCc2ccc(C(F)(F)F)cc2)CCN2CCCCC12. The maximum Gasteiger partial charge on any atom is 0.416 e. The van der Waals surface area contributed by atoms with Crippen LogP contribution in [-0.4, -0.2) is 27.5 Å². The largest absolute Gasteiger partial charge is 0.416 e. The van der Waals surface area contributed by atoms with Gasteiger partial charge in [-0.1, -0.05) is 18.6 Å².